The molecule has 40 heavy (non-hydrogen) atoms. The molecule has 5 rings (SSSR count). The third-order valence-electron chi connectivity index (χ3n) is 6.58. The van der Waals surface area contributed by atoms with Gasteiger partial charge in [0.2, 0.25) is 5.95 Å². The van der Waals surface area contributed by atoms with Gasteiger partial charge in [0.15, 0.2) is 5.82 Å². The highest BCUT2D eigenvalue weighted by Crippen LogP contribution is 2.26. The zero-order valence-electron chi connectivity index (χ0n) is 23.1. The van der Waals surface area contributed by atoms with Gasteiger partial charge in [-0.25, -0.2) is 23.9 Å². The number of nitrogen functional groups attached to an aromatic ring is 1. The van der Waals surface area contributed by atoms with Gasteiger partial charge in [-0.3, -0.25) is 4.68 Å². The van der Waals surface area contributed by atoms with E-state index in [0.717, 1.165) is 40.9 Å². The highest BCUT2D eigenvalue weighted by Gasteiger charge is 2.25. The largest absolute Gasteiger partial charge is 0.391 e. The van der Waals surface area contributed by atoms with Crippen molar-refractivity contribution in [2.24, 2.45) is 5.73 Å². The molecule has 0 aliphatic carbocycles. The number of benzene rings is 1. The molecule has 0 saturated carbocycles. The number of aliphatic hydroxyl groups is 1. The van der Waals surface area contributed by atoms with E-state index in [1.165, 1.54) is 18.5 Å². The number of halogens is 1. The van der Waals surface area contributed by atoms with Crippen LogP contribution in [-0.2, 0) is 12.1 Å². The summed E-state index contributed by atoms with van der Waals surface area (Å²) in [4.78, 5) is 14.8. The SMILES string of the molecule is CCN(CC)c1ncc([C@@](C)(N)c2ccc(F)cc2)cn1.C[C@@H](O)Cn1cc(-c2cc3c(N)ncnn3c2)cn1. The zero-order valence-corrected chi connectivity index (χ0v) is 23.1. The van der Waals surface area contributed by atoms with Crippen LogP contribution in [0.2, 0.25) is 0 Å². The summed E-state index contributed by atoms with van der Waals surface area (Å²) in [5.74, 6) is 0.860. The van der Waals surface area contributed by atoms with Crippen LogP contribution in [0.5, 0.6) is 0 Å². The van der Waals surface area contributed by atoms with Crippen molar-refractivity contribution in [2.45, 2.75) is 45.9 Å². The first-order valence-corrected chi connectivity index (χ1v) is 13.0. The molecule has 0 amide bonds. The van der Waals surface area contributed by atoms with Gasteiger partial charge in [0.1, 0.15) is 17.7 Å². The van der Waals surface area contributed by atoms with Crippen LogP contribution in [0.1, 0.15) is 38.8 Å². The Kier molecular flexibility index (Phi) is 8.70. The molecule has 0 fully saturated rings. The van der Waals surface area contributed by atoms with Crippen molar-refractivity contribution in [1.29, 1.82) is 0 Å². The Morgan fingerprint density at radius 1 is 0.975 bits per heavy atom. The molecule has 11 nitrogen and oxygen atoms in total. The van der Waals surface area contributed by atoms with Gasteiger partial charge in [0.05, 0.1) is 24.4 Å². The van der Waals surface area contributed by atoms with Gasteiger partial charge in [-0.05, 0) is 51.5 Å². The number of aromatic nitrogens is 7. The number of fused-ring (bicyclic) bond motifs is 1. The highest BCUT2D eigenvalue weighted by molar-refractivity contribution is 5.75. The molecule has 5 N–H and O–H groups in total. The zero-order chi connectivity index (χ0) is 28.9. The van der Waals surface area contributed by atoms with E-state index >= 15 is 0 Å². The van der Waals surface area contributed by atoms with E-state index in [-0.39, 0.29) is 5.82 Å². The van der Waals surface area contributed by atoms with E-state index in [4.69, 9.17) is 11.5 Å². The smallest absolute Gasteiger partial charge is 0.225 e. The molecular weight excluding hydrogens is 511 g/mol. The molecule has 0 radical (unpaired) electrons. The Bertz CT molecular complexity index is 1520. The van der Waals surface area contributed by atoms with Crippen LogP contribution in [0.3, 0.4) is 0 Å². The van der Waals surface area contributed by atoms with Crippen molar-refractivity contribution >= 4 is 17.3 Å². The van der Waals surface area contributed by atoms with E-state index in [1.54, 1.807) is 46.8 Å². The Hall–Kier alpha value is -4.42. The minimum atomic E-state index is -0.754. The maximum Gasteiger partial charge on any atom is 0.225 e. The summed E-state index contributed by atoms with van der Waals surface area (Å²) in [6.45, 7) is 9.90. The van der Waals surface area contributed by atoms with Crippen molar-refractivity contribution in [2.75, 3.05) is 23.7 Å². The fourth-order valence-electron chi connectivity index (χ4n) is 4.21. The second-order valence-corrected chi connectivity index (χ2v) is 9.66. The number of nitrogens with zero attached hydrogens (tertiary/aromatic N) is 8. The Morgan fingerprint density at radius 3 is 2.25 bits per heavy atom. The van der Waals surface area contributed by atoms with E-state index in [9.17, 15) is 9.50 Å². The average molecular weight is 547 g/mol. The van der Waals surface area contributed by atoms with Crippen molar-refractivity contribution in [3.05, 3.63) is 84.6 Å². The number of aliphatic hydroxyl groups excluding tert-OH is 1. The van der Waals surface area contributed by atoms with E-state index < -0.39 is 11.6 Å². The van der Waals surface area contributed by atoms with Gasteiger partial charge in [-0.2, -0.15) is 10.2 Å². The third kappa shape index (κ3) is 6.41. The highest BCUT2D eigenvalue weighted by atomic mass is 19.1. The second-order valence-electron chi connectivity index (χ2n) is 9.66. The summed E-state index contributed by atoms with van der Waals surface area (Å²) < 4.78 is 16.4. The lowest BCUT2D eigenvalue weighted by Gasteiger charge is -2.26. The minimum Gasteiger partial charge on any atom is -0.391 e. The lowest BCUT2D eigenvalue weighted by Crippen LogP contribution is -2.35. The van der Waals surface area contributed by atoms with Crippen LogP contribution in [0.15, 0.2) is 67.6 Å². The molecule has 0 spiro atoms. The molecule has 0 aliphatic heterocycles. The number of hydrogen-bond donors (Lipinski definition) is 3. The van der Waals surface area contributed by atoms with Gasteiger partial charge in [0, 0.05) is 54.6 Å². The molecule has 0 bridgehead atoms. The fourth-order valence-corrected chi connectivity index (χ4v) is 4.21. The summed E-state index contributed by atoms with van der Waals surface area (Å²) >= 11 is 0. The summed E-state index contributed by atoms with van der Waals surface area (Å²) in [6, 6.07) is 8.11. The van der Waals surface area contributed by atoms with Crippen molar-refractivity contribution in [3.8, 4) is 11.1 Å². The van der Waals surface area contributed by atoms with Crippen LogP contribution in [0.25, 0.3) is 16.6 Å². The maximum atomic E-state index is 13.0. The average Bonchev–Trinajstić information content (AvgIpc) is 3.58. The molecule has 0 unspecified atom stereocenters. The monoisotopic (exact) mass is 546 g/mol. The normalized spacial score (nSPS) is 13.4. The number of anilines is 2. The topological polar surface area (TPSA) is 149 Å². The van der Waals surface area contributed by atoms with Crippen LogP contribution in [-0.4, -0.2) is 58.6 Å². The summed E-state index contributed by atoms with van der Waals surface area (Å²) in [6.07, 6.45) is 9.97. The van der Waals surface area contributed by atoms with Gasteiger partial charge in [-0.1, -0.05) is 12.1 Å². The predicted octanol–water partition coefficient (Wildman–Crippen LogP) is 3.24. The van der Waals surface area contributed by atoms with Crippen molar-refractivity contribution in [1.82, 2.24) is 34.3 Å². The van der Waals surface area contributed by atoms with E-state index in [1.807, 2.05) is 25.4 Å². The van der Waals surface area contributed by atoms with Crippen LogP contribution >= 0.6 is 0 Å². The molecule has 1 aromatic carbocycles. The third-order valence-corrected chi connectivity index (χ3v) is 6.58. The second kappa shape index (κ2) is 12.2. The number of nitrogens with two attached hydrogens (primary N) is 2. The van der Waals surface area contributed by atoms with Crippen LogP contribution in [0, 0.1) is 5.82 Å². The molecule has 5 aromatic rings. The van der Waals surface area contributed by atoms with Gasteiger partial charge < -0.3 is 21.5 Å². The van der Waals surface area contributed by atoms with Crippen molar-refractivity contribution in [3.63, 3.8) is 0 Å². The maximum absolute atomic E-state index is 13.0. The van der Waals surface area contributed by atoms with Crippen molar-refractivity contribution < 1.29 is 9.50 Å². The first-order chi connectivity index (χ1) is 19.1. The molecule has 0 saturated heterocycles. The molecule has 2 atom stereocenters. The lowest BCUT2D eigenvalue weighted by molar-refractivity contribution is 0.168. The molecule has 4 aromatic heterocycles. The molecule has 12 heteroatoms. The first kappa shape index (κ1) is 28.6. The number of hydrogen-bond acceptors (Lipinski definition) is 9. The summed E-state index contributed by atoms with van der Waals surface area (Å²) in [5, 5.41) is 17.6. The lowest BCUT2D eigenvalue weighted by atomic mass is 9.87. The van der Waals surface area contributed by atoms with Gasteiger partial charge in [-0.15, -0.1) is 0 Å². The Labute approximate surface area is 232 Å². The Morgan fingerprint density at radius 2 is 1.65 bits per heavy atom. The summed E-state index contributed by atoms with van der Waals surface area (Å²) in [5.41, 5.74) is 15.7. The predicted molar refractivity (Wildman–Crippen MR) is 153 cm³/mol. The quantitative estimate of drug-likeness (QED) is 0.267. The first-order valence-electron chi connectivity index (χ1n) is 13.0. The number of rotatable bonds is 8. The van der Waals surface area contributed by atoms with Gasteiger partial charge >= 0.3 is 0 Å². The van der Waals surface area contributed by atoms with Crippen LogP contribution in [0.4, 0.5) is 16.2 Å². The molecule has 210 valence electrons. The van der Waals surface area contributed by atoms with Gasteiger partial charge in [0.25, 0.3) is 0 Å². The van der Waals surface area contributed by atoms with Crippen LogP contribution < -0.4 is 16.4 Å². The van der Waals surface area contributed by atoms with E-state index in [2.05, 4.69) is 43.9 Å². The molecule has 4 heterocycles. The molecule has 0 aliphatic rings. The standard InChI is InChI=1S/C16H21FN4.C12H14N6O/c1-4-21(5-2)15-19-10-13(11-20-15)16(3,18)12-6-8-14(17)9-7-12;1-8(19)4-17-5-10(3-15-17)9-2-11-12(13)14-7-16-18(11)6-9/h6-11H,4-5,18H2,1-3H3;2-3,5-8,19H,4H2,1H3,(H2,13,14,16)/t16-;8-/m01/s1. The summed E-state index contributed by atoms with van der Waals surface area (Å²) in [7, 11) is 0. The Balaban J connectivity index is 0.000000186. The van der Waals surface area contributed by atoms with E-state index in [0.29, 0.717) is 18.3 Å². The minimum absolute atomic E-state index is 0.275. The fraction of sp³-hybridized carbons (Fsp3) is 0.321. The molecular formula is C28H35FN10O.